The molecule has 2 aromatic carbocycles. The van der Waals surface area contributed by atoms with E-state index in [2.05, 4.69) is 30.9 Å². The maximum Gasteiger partial charge on any atom is 0.332 e. The Balaban J connectivity index is 1.35. The predicted octanol–water partition coefficient (Wildman–Crippen LogP) is 4.80. The molecular formula is C27H36N4O2. The fourth-order valence-electron chi connectivity index (χ4n) is 4.76. The summed E-state index contributed by atoms with van der Waals surface area (Å²) >= 11 is 0. The molecule has 1 fully saturated rings. The van der Waals surface area contributed by atoms with Gasteiger partial charge in [0.15, 0.2) is 0 Å². The summed E-state index contributed by atoms with van der Waals surface area (Å²) in [6.45, 7) is 2.26. The SMILES string of the molecule is CN(C)CCCN(C)C1CCC(n2ccn(-c3ccc(Oc4ccccc4)cc3)c2=O)CC1. The largest absolute Gasteiger partial charge is 0.457 e. The molecule has 33 heavy (non-hydrogen) atoms. The standard InChI is InChI=1S/C27H36N4O2/c1-28(2)18-7-19-29(3)22-10-12-23(13-11-22)30-20-21-31(27(30)32)24-14-16-26(17-15-24)33-25-8-5-4-6-9-25/h4-6,8-9,14-17,20-23H,7,10-13,18-19H2,1-3H3. The first-order valence-electron chi connectivity index (χ1n) is 12.0. The van der Waals surface area contributed by atoms with Gasteiger partial charge in [0.25, 0.3) is 0 Å². The molecule has 1 heterocycles. The van der Waals surface area contributed by atoms with Crippen molar-refractivity contribution in [2.24, 2.45) is 0 Å². The van der Waals surface area contributed by atoms with E-state index in [1.165, 1.54) is 6.42 Å². The number of hydrogen-bond acceptors (Lipinski definition) is 4. The van der Waals surface area contributed by atoms with Crippen molar-refractivity contribution in [2.75, 3.05) is 34.2 Å². The molecule has 3 aromatic rings. The van der Waals surface area contributed by atoms with E-state index in [-0.39, 0.29) is 11.7 Å². The molecule has 0 spiro atoms. The second-order valence-corrected chi connectivity index (χ2v) is 9.37. The van der Waals surface area contributed by atoms with E-state index in [0.29, 0.717) is 6.04 Å². The zero-order chi connectivity index (χ0) is 23.2. The van der Waals surface area contributed by atoms with Gasteiger partial charge in [-0.2, -0.15) is 0 Å². The summed E-state index contributed by atoms with van der Waals surface area (Å²) in [7, 11) is 6.50. The molecule has 1 aliphatic carbocycles. The third-order valence-electron chi connectivity index (χ3n) is 6.70. The third kappa shape index (κ3) is 5.95. The minimum atomic E-state index is 0.0366. The van der Waals surface area contributed by atoms with Crippen LogP contribution < -0.4 is 10.4 Å². The van der Waals surface area contributed by atoms with Crippen molar-refractivity contribution in [1.29, 1.82) is 0 Å². The van der Waals surface area contributed by atoms with Crippen LogP contribution in [0.15, 0.2) is 71.8 Å². The lowest BCUT2D eigenvalue weighted by Gasteiger charge is -2.35. The Morgan fingerprint density at radius 3 is 2.18 bits per heavy atom. The van der Waals surface area contributed by atoms with Crippen LogP contribution in [0.4, 0.5) is 0 Å². The Bertz CT molecular complexity index is 1050. The fraction of sp³-hybridized carbons (Fsp3) is 0.444. The topological polar surface area (TPSA) is 42.6 Å². The van der Waals surface area contributed by atoms with Gasteiger partial charge < -0.3 is 14.5 Å². The van der Waals surface area contributed by atoms with E-state index in [1.807, 2.05) is 71.6 Å². The molecule has 6 heteroatoms. The minimum Gasteiger partial charge on any atom is -0.457 e. The van der Waals surface area contributed by atoms with Gasteiger partial charge in [0.05, 0.1) is 5.69 Å². The second-order valence-electron chi connectivity index (χ2n) is 9.37. The summed E-state index contributed by atoms with van der Waals surface area (Å²) in [5.74, 6) is 1.55. The number of rotatable bonds is 9. The Morgan fingerprint density at radius 1 is 0.848 bits per heavy atom. The molecule has 1 aromatic heterocycles. The van der Waals surface area contributed by atoms with E-state index in [9.17, 15) is 4.79 Å². The highest BCUT2D eigenvalue weighted by Crippen LogP contribution is 2.30. The van der Waals surface area contributed by atoms with Crippen LogP contribution in [-0.2, 0) is 0 Å². The van der Waals surface area contributed by atoms with E-state index >= 15 is 0 Å². The summed E-state index contributed by atoms with van der Waals surface area (Å²) in [5.41, 5.74) is 0.892. The monoisotopic (exact) mass is 448 g/mol. The molecule has 4 rings (SSSR count). The van der Waals surface area contributed by atoms with Gasteiger partial charge in [-0.25, -0.2) is 4.79 Å². The van der Waals surface area contributed by atoms with Crippen LogP contribution in [0.1, 0.15) is 38.1 Å². The lowest BCUT2D eigenvalue weighted by Crippen LogP contribution is -2.38. The number of hydrogen-bond donors (Lipinski definition) is 0. The zero-order valence-electron chi connectivity index (χ0n) is 20.1. The van der Waals surface area contributed by atoms with Crippen LogP contribution in [0.3, 0.4) is 0 Å². The molecule has 6 nitrogen and oxygen atoms in total. The summed E-state index contributed by atoms with van der Waals surface area (Å²) in [6.07, 6.45) is 9.42. The van der Waals surface area contributed by atoms with Crippen molar-refractivity contribution in [3.63, 3.8) is 0 Å². The molecule has 0 N–H and O–H groups in total. The van der Waals surface area contributed by atoms with Crippen LogP contribution in [-0.4, -0.2) is 59.2 Å². The summed E-state index contributed by atoms with van der Waals surface area (Å²) in [5, 5.41) is 0. The normalized spacial score (nSPS) is 18.7. The number of benzene rings is 2. The fourth-order valence-corrected chi connectivity index (χ4v) is 4.76. The quantitative estimate of drug-likeness (QED) is 0.472. The van der Waals surface area contributed by atoms with Gasteiger partial charge in [-0.1, -0.05) is 18.2 Å². The molecule has 0 aliphatic heterocycles. The van der Waals surface area contributed by atoms with Gasteiger partial charge >= 0.3 is 5.69 Å². The second kappa shape index (κ2) is 10.9. The molecular weight excluding hydrogens is 412 g/mol. The number of imidazole rings is 1. The molecule has 1 saturated carbocycles. The van der Waals surface area contributed by atoms with Crippen molar-refractivity contribution in [1.82, 2.24) is 18.9 Å². The average Bonchev–Trinajstić information content (AvgIpc) is 3.21. The minimum absolute atomic E-state index is 0.0366. The van der Waals surface area contributed by atoms with Crippen LogP contribution in [0.2, 0.25) is 0 Å². The van der Waals surface area contributed by atoms with Gasteiger partial charge in [0, 0.05) is 24.5 Å². The van der Waals surface area contributed by atoms with E-state index in [1.54, 1.807) is 4.57 Å². The Morgan fingerprint density at radius 2 is 1.52 bits per heavy atom. The first-order valence-corrected chi connectivity index (χ1v) is 12.0. The van der Waals surface area contributed by atoms with Crippen molar-refractivity contribution in [3.8, 4) is 17.2 Å². The van der Waals surface area contributed by atoms with Crippen LogP contribution in [0.5, 0.6) is 11.5 Å². The summed E-state index contributed by atoms with van der Waals surface area (Å²) in [4.78, 5) is 17.9. The molecule has 0 saturated heterocycles. The lowest BCUT2D eigenvalue weighted by molar-refractivity contribution is 0.160. The van der Waals surface area contributed by atoms with Crippen molar-refractivity contribution in [2.45, 2.75) is 44.2 Å². The molecule has 0 radical (unpaired) electrons. The van der Waals surface area contributed by atoms with E-state index < -0.39 is 0 Å². The smallest absolute Gasteiger partial charge is 0.332 e. The Labute approximate surface area is 197 Å². The average molecular weight is 449 g/mol. The molecule has 0 unspecified atom stereocenters. The van der Waals surface area contributed by atoms with Crippen LogP contribution in [0, 0.1) is 0 Å². The van der Waals surface area contributed by atoms with Crippen molar-refractivity contribution in [3.05, 3.63) is 77.5 Å². The van der Waals surface area contributed by atoms with Gasteiger partial charge in [-0.15, -0.1) is 0 Å². The maximum atomic E-state index is 13.1. The summed E-state index contributed by atoms with van der Waals surface area (Å²) in [6, 6.07) is 18.3. The zero-order valence-corrected chi connectivity index (χ0v) is 20.1. The molecule has 1 aliphatic rings. The Kier molecular flexibility index (Phi) is 7.68. The molecule has 0 amide bonds. The third-order valence-corrected chi connectivity index (χ3v) is 6.70. The first kappa shape index (κ1) is 23.3. The highest BCUT2D eigenvalue weighted by Gasteiger charge is 2.26. The molecule has 176 valence electrons. The first-order chi connectivity index (χ1) is 16.0. The molecule has 0 bridgehead atoms. The number of ether oxygens (including phenoxy) is 1. The highest BCUT2D eigenvalue weighted by molar-refractivity contribution is 5.39. The van der Waals surface area contributed by atoms with Crippen LogP contribution in [0.25, 0.3) is 5.69 Å². The van der Waals surface area contributed by atoms with E-state index in [4.69, 9.17) is 4.74 Å². The predicted molar refractivity (Wildman–Crippen MR) is 134 cm³/mol. The van der Waals surface area contributed by atoms with Crippen molar-refractivity contribution >= 4 is 0 Å². The van der Waals surface area contributed by atoms with Crippen molar-refractivity contribution < 1.29 is 4.74 Å². The van der Waals surface area contributed by atoms with Gasteiger partial charge in [0.2, 0.25) is 0 Å². The van der Waals surface area contributed by atoms with Gasteiger partial charge in [-0.3, -0.25) is 9.13 Å². The van der Waals surface area contributed by atoms with E-state index in [0.717, 1.165) is 56.0 Å². The van der Waals surface area contributed by atoms with Gasteiger partial charge in [0.1, 0.15) is 11.5 Å². The summed E-state index contributed by atoms with van der Waals surface area (Å²) < 4.78 is 9.52. The lowest BCUT2D eigenvalue weighted by atomic mass is 9.90. The van der Waals surface area contributed by atoms with Gasteiger partial charge in [-0.05, 0) is 103 Å². The highest BCUT2D eigenvalue weighted by atomic mass is 16.5. The Hall–Kier alpha value is -2.83. The number of aromatic nitrogens is 2. The molecule has 0 atom stereocenters. The maximum absolute atomic E-state index is 13.1. The van der Waals surface area contributed by atoms with Crippen LogP contribution >= 0.6 is 0 Å². The number of nitrogens with zero attached hydrogens (tertiary/aromatic N) is 4. The number of para-hydroxylation sites is 1.